The second-order valence-electron chi connectivity index (χ2n) is 7.09. The fourth-order valence-corrected chi connectivity index (χ4v) is 2.97. The predicted molar refractivity (Wildman–Crippen MR) is 105 cm³/mol. The summed E-state index contributed by atoms with van der Waals surface area (Å²) in [5, 5.41) is 11.4. The van der Waals surface area contributed by atoms with Gasteiger partial charge in [-0.25, -0.2) is 4.79 Å². The summed E-state index contributed by atoms with van der Waals surface area (Å²) in [5.41, 5.74) is 2.25. The van der Waals surface area contributed by atoms with Crippen molar-refractivity contribution in [2.75, 3.05) is 33.8 Å². The average Bonchev–Trinajstić information content (AvgIpc) is 3.19. The second-order valence-corrected chi connectivity index (χ2v) is 7.09. The Labute approximate surface area is 177 Å². The topological polar surface area (TPSA) is 87.9 Å². The van der Waals surface area contributed by atoms with Crippen molar-refractivity contribution in [3.05, 3.63) is 53.9 Å². The van der Waals surface area contributed by atoms with Gasteiger partial charge in [-0.05, 0) is 11.6 Å². The molecule has 0 fully saturated rings. The molecule has 0 aliphatic carbocycles. The Balaban J connectivity index is 0.000000423. The molecule has 1 aliphatic rings. The third-order valence-corrected chi connectivity index (χ3v) is 4.50. The number of rotatable bonds is 6. The summed E-state index contributed by atoms with van der Waals surface area (Å²) in [5.74, 6) is -2.68. The molecule has 1 atom stereocenters. The Hall–Kier alpha value is -2.92. The third-order valence-electron chi connectivity index (χ3n) is 4.50. The third kappa shape index (κ3) is 7.37. The van der Waals surface area contributed by atoms with Gasteiger partial charge < -0.3 is 14.7 Å². The van der Waals surface area contributed by atoms with E-state index in [1.807, 2.05) is 28.9 Å². The molecule has 1 aromatic heterocycles. The van der Waals surface area contributed by atoms with Crippen LogP contribution >= 0.6 is 0 Å². The van der Waals surface area contributed by atoms with Gasteiger partial charge in [0.1, 0.15) is 6.04 Å². The minimum atomic E-state index is -5.08. The lowest BCUT2D eigenvalue weighted by Crippen LogP contribution is -2.45. The molecule has 0 radical (unpaired) electrons. The maximum absolute atomic E-state index is 12.4. The smallest absolute Gasteiger partial charge is 0.475 e. The van der Waals surface area contributed by atoms with Crippen LogP contribution in [-0.2, 0) is 27.5 Å². The lowest BCUT2D eigenvalue weighted by Gasteiger charge is -2.34. The van der Waals surface area contributed by atoms with Gasteiger partial charge in [0.2, 0.25) is 5.91 Å². The lowest BCUT2D eigenvalue weighted by molar-refractivity contribution is -0.192. The number of carbonyl (C=O) groups is 2. The van der Waals surface area contributed by atoms with Crippen molar-refractivity contribution < 1.29 is 32.6 Å². The molecule has 1 amide bonds. The zero-order valence-electron chi connectivity index (χ0n) is 17.2. The molecule has 0 saturated carbocycles. The number of hydrogen-bond donors (Lipinski definition) is 1. The Bertz CT molecular complexity index is 856. The van der Waals surface area contributed by atoms with E-state index < -0.39 is 12.1 Å². The quantitative estimate of drug-likeness (QED) is 0.690. The van der Waals surface area contributed by atoms with Crippen LogP contribution in [0.4, 0.5) is 13.2 Å². The number of likely N-dealkylation sites (N-methyl/N-ethyl adjacent to an activating group) is 1. The minimum Gasteiger partial charge on any atom is -0.475 e. The van der Waals surface area contributed by atoms with E-state index in [1.54, 1.807) is 25.2 Å². The molecule has 1 aromatic carbocycles. The summed E-state index contributed by atoms with van der Waals surface area (Å²) >= 11 is 0. The summed E-state index contributed by atoms with van der Waals surface area (Å²) in [7, 11) is 3.57. The molecule has 1 N–H and O–H groups in total. The number of aliphatic carboxylic acids is 1. The Kier molecular flexibility index (Phi) is 8.57. The highest BCUT2D eigenvalue weighted by Crippen LogP contribution is 2.21. The van der Waals surface area contributed by atoms with Crippen molar-refractivity contribution in [3.63, 3.8) is 0 Å². The largest absolute Gasteiger partial charge is 0.490 e. The first-order valence-electron chi connectivity index (χ1n) is 9.47. The monoisotopic (exact) mass is 442 g/mol. The Morgan fingerprint density at radius 1 is 1.23 bits per heavy atom. The van der Waals surface area contributed by atoms with Crippen LogP contribution in [0.3, 0.4) is 0 Å². The molecule has 2 heterocycles. The molecular formula is C20H25F3N4O4. The van der Waals surface area contributed by atoms with Gasteiger partial charge in [-0.3, -0.25) is 14.4 Å². The molecule has 8 nitrogen and oxygen atoms in total. The fourth-order valence-electron chi connectivity index (χ4n) is 2.97. The van der Waals surface area contributed by atoms with Crippen LogP contribution in [-0.4, -0.2) is 76.5 Å². The van der Waals surface area contributed by atoms with Crippen LogP contribution < -0.4 is 0 Å². The first-order valence-corrected chi connectivity index (χ1v) is 9.47. The number of nitrogens with zero attached hydrogens (tertiary/aromatic N) is 4. The summed E-state index contributed by atoms with van der Waals surface area (Å²) in [6, 6.07) is 11.9. The molecule has 0 saturated heterocycles. The number of fused-ring (bicyclic) bond motifs is 1. The van der Waals surface area contributed by atoms with Gasteiger partial charge in [-0.1, -0.05) is 30.3 Å². The average molecular weight is 442 g/mol. The van der Waals surface area contributed by atoms with Gasteiger partial charge in [0, 0.05) is 39.9 Å². The van der Waals surface area contributed by atoms with Crippen LogP contribution in [0.1, 0.15) is 17.3 Å². The number of carbonyl (C=O) groups excluding carboxylic acids is 1. The molecule has 0 bridgehead atoms. The van der Waals surface area contributed by atoms with Gasteiger partial charge in [-0.15, -0.1) is 0 Å². The van der Waals surface area contributed by atoms with Crippen LogP contribution in [0.25, 0.3) is 0 Å². The molecule has 11 heteroatoms. The van der Waals surface area contributed by atoms with Crippen molar-refractivity contribution in [1.82, 2.24) is 19.6 Å². The minimum absolute atomic E-state index is 0.0786. The van der Waals surface area contributed by atoms with Gasteiger partial charge in [-0.2, -0.15) is 18.3 Å². The van der Waals surface area contributed by atoms with E-state index in [-0.39, 0.29) is 11.9 Å². The Morgan fingerprint density at radius 2 is 1.87 bits per heavy atom. The van der Waals surface area contributed by atoms with Crippen LogP contribution in [0.5, 0.6) is 0 Å². The first kappa shape index (κ1) is 24.4. The zero-order chi connectivity index (χ0) is 23.0. The SMILES string of the molecule is CN(C)C(=O)C1CN(CCOCc2ccccc2)Cc2ccnn21.O=C(O)C(F)(F)F. The standard InChI is InChI=1S/C18H24N4O2.C2HF3O2/c1-20(2)18(23)17-13-21(12-16-8-9-19-22(16)17)10-11-24-14-15-6-4-3-5-7-15;3-2(4,5)1(6)7/h3-9,17H,10-14H2,1-2H3;(H,6,7). The van der Waals surface area contributed by atoms with E-state index in [4.69, 9.17) is 14.6 Å². The van der Waals surface area contributed by atoms with E-state index in [9.17, 15) is 18.0 Å². The van der Waals surface area contributed by atoms with Crippen LogP contribution in [0.2, 0.25) is 0 Å². The van der Waals surface area contributed by atoms with Gasteiger partial charge in [0.15, 0.2) is 0 Å². The highest BCUT2D eigenvalue weighted by Gasteiger charge is 2.38. The number of alkyl halides is 3. The zero-order valence-corrected chi connectivity index (χ0v) is 17.2. The molecule has 1 unspecified atom stereocenters. The van der Waals surface area contributed by atoms with Gasteiger partial charge in [0.05, 0.1) is 18.9 Å². The number of carboxylic acids is 1. The Morgan fingerprint density at radius 3 is 2.45 bits per heavy atom. The molecule has 3 rings (SSSR count). The van der Waals surface area contributed by atoms with E-state index in [2.05, 4.69) is 22.1 Å². The highest BCUT2D eigenvalue weighted by atomic mass is 19.4. The highest BCUT2D eigenvalue weighted by molar-refractivity contribution is 5.80. The summed E-state index contributed by atoms with van der Waals surface area (Å²) in [4.78, 5) is 25.2. The predicted octanol–water partition coefficient (Wildman–Crippen LogP) is 2.18. The van der Waals surface area contributed by atoms with Crippen molar-refractivity contribution >= 4 is 11.9 Å². The first-order chi connectivity index (χ1) is 14.6. The molecular weight excluding hydrogens is 417 g/mol. The summed E-state index contributed by atoms with van der Waals surface area (Å²) in [6.45, 7) is 3.53. The summed E-state index contributed by atoms with van der Waals surface area (Å²) < 4.78 is 39.4. The van der Waals surface area contributed by atoms with Crippen molar-refractivity contribution in [1.29, 1.82) is 0 Å². The second kappa shape index (κ2) is 10.9. The van der Waals surface area contributed by atoms with E-state index in [0.717, 1.165) is 18.8 Å². The number of ether oxygens (including phenoxy) is 1. The number of amides is 1. The van der Waals surface area contributed by atoms with E-state index in [0.29, 0.717) is 19.8 Å². The normalized spacial score (nSPS) is 16.1. The maximum atomic E-state index is 12.4. The number of halogens is 3. The van der Waals surface area contributed by atoms with Crippen LogP contribution in [0, 0.1) is 0 Å². The molecule has 1 aliphatic heterocycles. The van der Waals surface area contributed by atoms with Crippen molar-refractivity contribution in [2.45, 2.75) is 25.4 Å². The maximum Gasteiger partial charge on any atom is 0.490 e. The molecule has 0 spiro atoms. The van der Waals surface area contributed by atoms with E-state index in [1.165, 1.54) is 5.56 Å². The fraction of sp³-hybridized carbons (Fsp3) is 0.450. The lowest BCUT2D eigenvalue weighted by atomic mass is 10.1. The number of aromatic nitrogens is 2. The van der Waals surface area contributed by atoms with E-state index >= 15 is 0 Å². The van der Waals surface area contributed by atoms with Gasteiger partial charge >= 0.3 is 12.1 Å². The molecule has 170 valence electrons. The molecule has 31 heavy (non-hydrogen) atoms. The molecule has 2 aromatic rings. The summed E-state index contributed by atoms with van der Waals surface area (Å²) in [6.07, 6.45) is -3.32. The van der Waals surface area contributed by atoms with Crippen molar-refractivity contribution in [3.8, 4) is 0 Å². The number of hydrogen-bond acceptors (Lipinski definition) is 5. The number of benzene rings is 1. The van der Waals surface area contributed by atoms with Crippen molar-refractivity contribution in [2.24, 2.45) is 0 Å². The number of carboxylic acid groups (broad SMARTS) is 1. The van der Waals surface area contributed by atoms with Crippen LogP contribution in [0.15, 0.2) is 42.6 Å². The van der Waals surface area contributed by atoms with Gasteiger partial charge in [0.25, 0.3) is 0 Å².